The van der Waals surface area contributed by atoms with Crippen LogP contribution in [-0.4, -0.2) is 77.4 Å². The molecule has 0 amide bonds. The Morgan fingerprint density at radius 2 is 0.982 bits per heavy atom. The number of aliphatic hydroxyl groups excluding tert-OH is 3. The zero-order valence-electron chi connectivity index (χ0n) is 35.8. The number of ether oxygens (including phenoxy) is 4. The summed E-state index contributed by atoms with van der Waals surface area (Å²) in [5, 5.41) is 30.1. The average molecular weight is 796 g/mol. The number of carbonyl (C=O) groups excluding carboxylic acids is 2. The van der Waals surface area contributed by atoms with Crippen LogP contribution in [0.4, 0.5) is 0 Å². The molecule has 0 aromatic rings. The van der Waals surface area contributed by atoms with Crippen LogP contribution < -0.4 is 5.73 Å². The van der Waals surface area contributed by atoms with Crippen LogP contribution >= 0.6 is 0 Å². The number of hydrogen-bond acceptors (Lipinski definition) is 10. The topological polar surface area (TPSA) is 158 Å². The van der Waals surface area contributed by atoms with E-state index in [9.17, 15) is 24.9 Å². The molecule has 0 radical (unpaired) electrons. The Bertz CT molecular complexity index is 974. The Balaban J connectivity index is 2.32. The van der Waals surface area contributed by atoms with Gasteiger partial charge in [0.25, 0.3) is 0 Å². The minimum Gasteiger partial charge on any atom is -0.459 e. The lowest BCUT2D eigenvalue weighted by Crippen LogP contribution is -2.63. The van der Waals surface area contributed by atoms with Gasteiger partial charge in [0.15, 0.2) is 12.9 Å². The summed E-state index contributed by atoms with van der Waals surface area (Å²) in [5.74, 6) is -0.922. The fraction of sp³-hybridized carbons (Fsp3) is 0.870. The summed E-state index contributed by atoms with van der Waals surface area (Å²) >= 11 is 0. The first-order chi connectivity index (χ1) is 27.3. The molecule has 4 unspecified atom stereocenters. The zero-order valence-corrected chi connectivity index (χ0v) is 35.8. The highest BCUT2D eigenvalue weighted by Gasteiger charge is 2.44. The second-order valence-electron chi connectivity index (χ2n) is 15.9. The molecule has 6 atom stereocenters. The van der Waals surface area contributed by atoms with E-state index in [-0.39, 0.29) is 19.4 Å². The van der Waals surface area contributed by atoms with E-state index in [0.29, 0.717) is 12.8 Å². The molecule has 0 spiro atoms. The van der Waals surface area contributed by atoms with Crippen LogP contribution in [0.2, 0.25) is 0 Å². The van der Waals surface area contributed by atoms with Crippen molar-refractivity contribution in [1.82, 2.24) is 0 Å². The first kappa shape index (κ1) is 52.2. The summed E-state index contributed by atoms with van der Waals surface area (Å²) in [6, 6.07) is -1.18. The highest BCUT2D eigenvalue weighted by atomic mass is 16.8. The molecule has 1 aliphatic heterocycles. The smallest absolute Gasteiger partial charge is 0.308 e. The van der Waals surface area contributed by atoms with Crippen molar-refractivity contribution in [3.05, 3.63) is 24.3 Å². The molecule has 56 heavy (non-hydrogen) atoms. The highest BCUT2D eigenvalue weighted by Crippen LogP contribution is 2.23. The molecule has 1 rings (SSSR count). The quantitative estimate of drug-likeness (QED) is 0.0205. The molecule has 10 nitrogen and oxygen atoms in total. The maximum Gasteiger partial charge on any atom is 0.308 e. The number of hydrogen-bond donors (Lipinski definition) is 4. The van der Waals surface area contributed by atoms with E-state index in [0.717, 1.165) is 51.4 Å². The second-order valence-corrected chi connectivity index (χ2v) is 15.9. The summed E-state index contributed by atoms with van der Waals surface area (Å²) in [7, 11) is 0. The molecule has 1 saturated heterocycles. The summed E-state index contributed by atoms with van der Waals surface area (Å²) in [6.07, 6.45) is 36.0. The summed E-state index contributed by atoms with van der Waals surface area (Å²) in [6.45, 7) is 3.57. The van der Waals surface area contributed by atoms with Crippen molar-refractivity contribution < 1.29 is 43.9 Å². The number of rotatable bonds is 38. The maximum absolute atomic E-state index is 12.8. The van der Waals surface area contributed by atoms with Gasteiger partial charge in [-0.2, -0.15) is 0 Å². The third-order valence-corrected chi connectivity index (χ3v) is 10.6. The van der Waals surface area contributed by atoms with Crippen LogP contribution in [0, 0.1) is 0 Å². The molecule has 0 saturated carbocycles. The van der Waals surface area contributed by atoms with Crippen LogP contribution in [0.5, 0.6) is 0 Å². The van der Waals surface area contributed by atoms with Crippen LogP contribution in [-0.2, 0) is 28.5 Å². The van der Waals surface area contributed by atoms with Gasteiger partial charge in [-0.15, -0.1) is 0 Å². The number of carbonyl (C=O) groups is 2. The molecule has 10 heteroatoms. The van der Waals surface area contributed by atoms with Gasteiger partial charge in [0, 0.05) is 12.8 Å². The van der Waals surface area contributed by atoms with E-state index in [1.165, 1.54) is 116 Å². The van der Waals surface area contributed by atoms with E-state index in [1.54, 1.807) is 0 Å². The summed E-state index contributed by atoms with van der Waals surface area (Å²) < 4.78 is 22.3. The Hall–Kier alpha value is -1.82. The first-order valence-electron chi connectivity index (χ1n) is 23.0. The first-order valence-corrected chi connectivity index (χ1v) is 23.0. The number of aliphatic hydroxyl groups is 3. The van der Waals surface area contributed by atoms with Crippen LogP contribution in [0.3, 0.4) is 0 Å². The lowest BCUT2D eigenvalue weighted by Gasteiger charge is -2.41. The van der Waals surface area contributed by atoms with Crippen molar-refractivity contribution >= 4 is 11.9 Å². The van der Waals surface area contributed by atoms with Crippen molar-refractivity contribution in [2.24, 2.45) is 5.73 Å². The fourth-order valence-corrected chi connectivity index (χ4v) is 6.95. The van der Waals surface area contributed by atoms with Crippen molar-refractivity contribution in [2.45, 2.75) is 243 Å². The lowest BCUT2D eigenvalue weighted by atomic mass is 9.98. The molecule has 0 aromatic carbocycles. The normalized spacial score (nSPS) is 20.6. The van der Waals surface area contributed by atoms with E-state index >= 15 is 0 Å². The number of nitrogens with two attached hydrogens (primary N) is 1. The predicted molar refractivity (Wildman–Crippen MR) is 226 cm³/mol. The minimum atomic E-state index is -1.43. The lowest BCUT2D eigenvalue weighted by molar-refractivity contribution is -0.309. The second kappa shape index (κ2) is 37.5. The molecule has 328 valence electrons. The molecule has 1 fully saturated rings. The average Bonchev–Trinajstić information content (AvgIpc) is 3.19. The van der Waals surface area contributed by atoms with Crippen molar-refractivity contribution in [1.29, 1.82) is 0 Å². The largest absolute Gasteiger partial charge is 0.459 e. The van der Waals surface area contributed by atoms with E-state index in [4.69, 9.17) is 24.7 Å². The summed E-state index contributed by atoms with van der Waals surface area (Å²) in [5.41, 5.74) is 6.04. The molecule has 0 aromatic heterocycles. The van der Waals surface area contributed by atoms with E-state index in [1.807, 2.05) is 0 Å². The van der Waals surface area contributed by atoms with Gasteiger partial charge in [-0.25, -0.2) is 0 Å². The Morgan fingerprint density at radius 3 is 1.41 bits per heavy atom. The number of unbranched alkanes of at least 4 members (excludes halogenated alkanes) is 24. The van der Waals surface area contributed by atoms with Crippen molar-refractivity contribution in [3.63, 3.8) is 0 Å². The van der Waals surface area contributed by atoms with Crippen molar-refractivity contribution in [2.75, 3.05) is 13.2 Å². The maximum atomic E-state index is 12.8. The standard InChI is InChI=1S/C46H85NO9/c1-3-5-7-9-11-13-15-17-19-21-23-25-27-29-31-33-35-40(49)53-38-42(56-46-43(47)45(52)44(51)39(37-48)54-46)55-41(50)36-34-32-30-28-26-24-22-20-18-16-14-12-10-8-6-4-2/h17-20,39,42-46,48,51-52H,3-16,21-38,47H2,1-2H3/b19-17-,20-18-/t39?,42?,43?,44-,45?,46+/m1/s1. The van der Waals surface area contributed by atoms with Gasteiger partial charge in [-0.3, -0.25) is 9.59 Å². The van der Waals surface area contributed by atoms with Gasteiger partial charge < -0.3 is 40.0 Å². The Morgan fingerprint density at radius 1 is 0.589 bits per heavy atom. The Kier molecular flexibility index (Phi) is 34.9. The van der Waals surface area contributed by atoms with Gasteiger partial charge in [-0.1, -0.05) is 154 Å². The van der Waals surface area contributed by atoms with Crippen LogP contribution in [0.25, 0.3) is 0 Å². The molecule has 1 aliphatic rings. The number of allylic oxidation sites excluding steroid dienone is 4. The fourth-order valence-electron chi connectivity index (χ4n) is 6.95. The molecule has 5 N–H and O–H groups in total. The van der Waals surface area contributed by atoms with Gasteiger partial charge in [0.2, 0.25) is 6.29 Å². The third kappa shape index (κ3) is 28.6. The molecule has 0 aliphatic carbocycles. The highest BCUT2D eigenvalue weighted by molar-refractivity contribution is 5.70. The van der Waals surface area contributed by atoms with E-state index < -0.39 is 55.5 Å². The molecular weight excluding hydrogens is 711 g/mol. The van der Waals surface area contributed by atoms with E-state index in [2.05, 4.69) is 38.2 Å². The predicted octanol–water partition coefficient (Wildman–Crippen LogP) is 10.0. The molecule has 0 bridgehead atoms. The zero-order chi connectivity index (χ0) is 40.9. The summed E-state index contributed by atoms with van der Waals surface area (Å²) in [4.78, 5) is 25.4. The van der Waals surface area contributed by atoms with Gasteiger partial charge in [0.05, 0.1) is 12.6 Å². The van der Waals surface area contributed by atoms with Crippen LogP contribution in [0.15, 0.2) is 24.3 Å². The third-order valence-electron chi connectivity index (χ3n) is 10.6. The Labute approximate surface area is 341 Å². The molecular formula is C46H85NO9. The monoisotopic (exact) mass is 796 g/mol. The molecule has 1 heterocycles. The number of esters is 2. The van der Waals surface area contributed by atoms with Gasteiger partial charge in [0.1, 0.15) is 18.3 Å². The minimum absolute atomic E-state index is 0.183. The van der Waals surface area contributed by atoms with Gasteiger partial charge in [-0.05, 0) is 64.2 Å². The van der Waals surface area contributed by atoms with Gasteiger partial charge >= 0.3 is 11.9 Å². The van der Waals surface area contributed by atoms with Crippen LogP contribution in [0.1, 0.15) is 206 Å². The van der Waals surface area contributed by atoms with Crippen molar-refractivity contribution in [3.8, 4) is 0 Å². The SMILES string of the molecule is CCCCCCCC/C=C\CCCCCCCCC(=O)OCC(OC(=O)CCCCCCCC/C=C\CCCCCCCC)O[C@@H]1OC(CO)[C@@H](O)C(O)C1N.